The van der Waals surface area contributed by atoms with E-state index in [0.717, 1.165) is 10.6 Å². The SMILES string of the molecule is CN(C)c1cc(N2CCN(C3CCN(C(=O)OC(C)(C)C)CC3(F)F)CC2)ccc1N(C=O)C1CCC(=O)NC1=O. The molecule has 13 heteroatoms. The molecule has 0 aliphatic carbocycles. The van der Waals surface area contributed by atoms with Gasteiger partial charge < -0.3 is 24.3 Å². The van der Waals surface area contributed by atoms with Crippen molar-refractivity contribution in [2.24, 2.45) is 0 Å². The molecule has 3 heterocycles. The van der Waals surface area contributed by atoms with E-state index in [-0.39, 0.29) is 31.7 Å². The Morgan fingerprint density at radius 3 is 2.32 bits per heavy atom. The standard InChI is InChI=1S/C28H40F2N6O5/c1-27(2,3)41-26(40)35-11-10-23(28(29,30)17-35)34-14-12-33(13-15-34)19-6-7-20(22(16-19)32(4)5)36(18-37)21-8-9-24(38)31-25(21)39/h6-7,16,18,21,23H,8-15,17H2,1-5H3,(H,31,38,39). The lowest BCUT2D eigenvalue weighted by atomic mass is 9.98. The van der Waals surface area contributed by atoms with Gasteiger partial charge in [0.15, 0.2) is 0 Å². The highest BCUT2D eigenvalue weighted by atomic mass is 19.3. The molecular weight excluding hydrogens is 538 g/mol. The van der Waals surface area contributed by atoms with Crippen LogP contribution in [0.15, 0.2) is 18.2 Å². The number of amides is 4. The average molecular weight is 579 g/mol. The zero-order valence-corrected chi connectivity index (χ0v) is 24.4. The Bertz CT molecular complexity index is 1170. The number of hydrogen-bond acceptors (Lipinski definition) is 8. The predicted octanol–water partition coefficient (Wildman–Crippen LogP) is 2.29. The fraction of sp³-hybridized carbons (Fsp3) is 0.643. The summed E-state index contributed by atoms with van der Waals surface area (Å²) in [4.78, 5) is 56.7. The Morgan fingerprint density at radius 2 is 1.76 bits per heavy atom. The number of piperazine rings is 1. The molecule has 1 N–H and O–H groups in total. The minimum Gasteiger partial charge on any atom is -0.444 e. The molecule has 3 aliphatic heterocycles. The molecular formula is C28H40F2N6O5. The Labute approximate surface area is 239 Å². The summed E-state index contributed by atoms with van der Waals surface area (Å²) in [7, 11) is 3.67. The minimum atomic E-state index is -3.06. The lowest BCUT2D eigenvalue weighted by Gasteiger charge is -2.46. The summed E-state index contributed by atoms with van der Waals surface area (Å²) in [6.07, 6.45) is 0.440. The smallest absolute Gasteiger partial charge is 0.410 e. The monoisotopic (exact) mass is 578 g/mol. The molecule has 4 rings (SSSR count). The summed E-state index contributed by atoms with van der Waals surface area (Å²) >= 11 is 0. The summed E-state index contributed by atoms with van der Waals surface area (Å²) in [5.41, 5.74) is 1.37. The molecule has 3 fully saturated rings. The van der Waals surface area contributed by atoms with Gasteiger partial charge in [-0.15, -0.1) is 0 Å². The van der Waals surface area contributed by atoms with Crippen molar-refractivity contribution in [3.8, 4) is 0 Å². The van der Waals surface area contributed by atoms with Crippen LogP contribution in [-0.2, 0) is 19.1 Å². The number of rotatable bonds is 6. The number of hydrogen-bond donors (Lipinski definition) is 1. The maximum atomic E-state index is 15.2. The molecule has 1 aromatic rings. The first kappa shape index (κ1) is 30.5. The molecule has 41 heavy (non-hydrogen) atoms. The van der Waals surface area contributed by atoms with Crippen molar-refractivity contribution in [3.63, 3.8) is 0 Å². The molecule has 2 unspecified atom stereocenters. The van der Waals surface area contributed by atoms with Crippen LogP contribution in [0.4, 0.5) is 30.6 Å². The van der Waals surface area contributed by atoms with Gasteiger partial charge in [0.25, 0.3) is 5.92 Å². The first-order valence-electron chi connectivity index (χ1n) is 13.9. The third kappa shape index (κ3) is 6.88. The van der Waals surface area contributed by atoms with Gasteiger partial charge in [-0.05, 0) is 51.8 Å². The Morgan fingerprint density at radius 1 is 1.07 bits per heavy atom. The third-order valence-corrected chi connectivity index (χ3v) is 7.71. The second-order valence-corrected chi connectivity index (χ2v) is 12.0. The third-order valence-electron chi connectivity index (χ3n) is 7.71. The number of anilines is 3. The van der Waals surface area contributed by atoms with Gasteiger partial charge in [0.2, 0.25) is 18.2 Å². The van der Waals surface area contributed by atoms with Gasteiger partial charge >= 0.3 is 6.09 Å². The highest BCUT2D eigenvalue weighted by molar-refractivity contribution is 6.04. The highest BCUT2D eigenvalue weighted by Crippen LogP contribution is 2.36. The van der Waals surface area contributed by atoms with Crippen LogP contribution < -0.4 is 20.0 Å². The maximum absolute atomic E-state index is 15.2. The van der Waals surface area contributed by atoms with Crippen LogP contribution in [-0.4, -0.2) is 111 Å². The molecule has 11 nitrogen and oxygen atoms in total. The number of likely N-dealkylation sites (tertiary alicyclic amines) is 1. The van der Waals surface area contributed by atoms with Crippen molar-refractivity contribution < 1.29 is 32.7 Å². The van der Waals surface area contributed by atoms with E-state index in [4.69, 9.17) is 4.74 Å². The number of imide groups is 1. The number of halogens is 2. The molecule has 0 aromatic heterocycles. The van der Waals surface area contributed by atoms with Crippen molar-refractivity contribution in [2.45, 2.75) is 63.6 Å². The van der Waals surface area contributed by atoms with Crippen LogP contribution in [0.3, 0.4) is 0 Å². The molecule has 0 spiro atoms. The van der Waals surface area contributed by atoms with Gasteiger partial charge in [-0.25, -0.2) is 13.6 Å². The largest absolute Gasteiger partial charge is 0.444 e. The van der Waals surface area contributed by atoms with Crippen molar-refractivity contribution >= 4 is 41.4 Å². The van der Waals surface area contributed by atoms with E-state index in [9.17, 15) is 19.2 Å². The Kier molecular flexibility index (Phi) is 8.76. The van der Waals surface area contributed by atoms with Crippen molar-refractivity contribution in [3.05, 3.63) is 18.2 Å². The molecule has 3 aliphatic rings. The normalized spacial score (nSPS) is 23.6. The molecule has 2 atom stereocenters. The number of alkyl halides is 2. The van der Waals surface area contributed by atoms with Crippen molar-refractivity contribution in [1.29, 1.82) is 0 Å². The number of piperidine rings is 2. The number of carbonyl (C=O) groups excluding carboxylic acids is 4. The van der Waals surface area contributed by atoms with Crippen LogP contribution in [0, 0.1) is 0 Å². The topological polar surface area (TPSA) is 106 Å². The number of nitrogens with zero attached hydrogens (tertiary/aromatic N) is 5. The zero-order valence-electron chi connectivity index (χ0n) is 24.4. The molecule has 226 valence electrons. The number of benzene rings is 1. The second-order valence-electron chi connectivity index (χ2n) is 12.0. The highest BCUT2D eigenvalue weighted by Gasteiger charge is 2.49. The van der Waals surface area contributed by atoms with Crippen LogP contribution >= 0.6 is 0 Å². The average Bonchev–Trinajstić information content (AvgIpc) is 2.89. The molecule has 0 radical (unpaired) electrons. The van der Waals surface area contributed by atoms with E-state index >= 15 is 8.78 Å². The molecule has 1 aromatic carbocycles. The van der Waals surface area contributed by atoms with Crippen LogP contribution in [0.2, 0.25) is 0 Å². The van der Waals surface area contributed by atoms with Gasteiger partial charge in [0, 0.05) is 58.9 Å². The molecule has 4 amide bonds. The van der Waals surface area contributed by atoms with Crippen molar-refractivity contribution in [2.75, 3.05) is 68.1 Å². The second kappa shape index (κ2) is 11.8. The van der Waals surface area contributed by atoms with E-state index in [2.05, 4.69) is 10.2 Å². The summed E-state index contributed by atoms with van der Waals surface area (Å²) in [6.45, 7) is 6.59. The lowest BCUT2D eigenvalue weighted by molar-refractivity contribution is -0.134. The molecule has 0 bridgehead atoms. The van der Waals surface area contributed by atoms with E-state index < -0.39 is 42.2 Å². The molecule has 3 saturated heterocycles. The fourth-order valence-corrected chi connectivity index (χ4v) is 5.68. The minimum absolute atomic E-state index is 0.152. The van der Waals surface area contributed by atoms with E-state index in [1.54, 1.807) is 31.7 Å². The number of nitrogens with one attached hydrogen (secondary N) is 1. The first-order chi connectivity index (χ1) is 19.2. The Hall–Kier alpha value is -3.48. The first-order valence-corrected chi connectivity index (χ1v) is 13.9. The molecule has 0 saturated carbocycles. The van der Waals surface area contributed by atoms with Gasteiger partial charge in [0.1, 0.15) is 11.6 Å². The maximum Gasteiger partial charge on any atom is 0.410 e. The van der Waals surface area contributed by atoms with Gasteiger partial charge in [-0.1, -0.05) is 0 Å². The van der Waals surface area contributed by atoms with E-state index in [1.165, 1.54) is 4.90 Å². The summed E-state index contributed by atoms with van der Waals surface area (Å²) in [5, 5.41) is 2.30. The van der Waals surface area contributed by atoms with Crippen LogP contribution in [0.5, 0.6) is 0 Å². The number of carbonyl (C=O) groups is 4. The van der Waals surface area contributed by atoms with Gasteiger partial charge in [-0.2, -0.15) is 0 Å². The van der Waals surface area contributed by atoms with Crippen molar-refractivity contribution in [1.82, 2.24) is 15.1 Å². The van der Waals surface area contributed by atoms with E-state index in [1.807, 2.05) is 31.1 Å². The van der Waals surface area contributed by atoms with Gasteiger partial charge in [-0.3, -0.25) is 24.6 Å². The summed E-state index contributed by atoms with van der Waals surface area (Å²) < 4.78 is 35.7. The lowest BCUT2D eigenvalue weighted by Crippen LogP contribution is -2.62. The quantitative estimate of drug-likeness (QED) is 0.405. The number of ether oxygens (including phenoxy) is 1. The predicted molar refractivity (Wildman–Crippen MR) is 150 cm³/mol. The zero-order chi connectivity index (χ0) is 30.1. The van der Waals surface area contributed by atoms with E-state index in [0.29, 0.717) is 44.0 Å². The van der Waals surface area contributed by atoms with Crippen LogP contribution in [0.1, 0.15) is 40.0 Å². The Balaban J connectivity index is 1.42. The summed E-state index contributed by atoms with van der Waals surface area (Å²) in [5.74, 6) is -3.93. The van der Waals surface area contributed by atoms with Crippen LogP contribution in [0.25, 0.3) is 0 Å². The summed E-state index contributed by atoms with van der Waals surface area (Å²) in [6, 6.07) is 3.80. The van der Waals surface area contributed by atoms with Gasteiger partial charge in [0.05, 0.1) is 24.0 Å². The fourth-order valence-electron chi connectivity index (χ4n) is 5.68.